The molecule has 2 atom stereocenters. The van der Waals surface area contributed by atoms with Crippen LogP contribution >= 0.6 is 0 Å². The number of fused-ring (bicyclic) bond motifs is 1. The molecule has 0 unspecified atom stereocenters. The Hall–Kier alpha value is -2.28. The summed E-state index contributed by atoms with van der Waals surface area (Å²) >= 11 is 0. The van der Waals surface area contributed by atoms with Gasteiger partial charge in [-0.3, -0.25) is 9.89 Å². The minimum atomic E-state index is -0.170. The van der Waals surface area contributed by atoms with Crippen molar-refractivity contribution >= 4 is 5.91 Å². The molecule has 0 fully saturated rings. The molecular weight excluding hydrogens is 294 g/mol. The van der Waals surface area contributed by atoms with E-state index >= 15 is 0 Å². The maximum atomic E-state index is 12.4. The molecule has 0 saturated heterocycles. The topological polar surface area (TPSA) is 92.8 Å². The Kier molecular flexibility index (Phi) is 4.38. The highest BCUT2D eigenvalue weighted by molar-refractivity contribution is 5.94. The van der Waals surface area contributed by atoms with Crippen molar-refractivity contribution < 1.29 is 9.53 Å². The van der Waals surface area contributed by atoms with Crippen LogP contribution in [0.25, 0.3) is 0 Å². The molecule has 0 radical (unpaired) electrons. The predicted molar refractivity (Wildman–Crippen MR) is 84.1 cm³/mol. The normalized spacial score (nSPS) is 20.1. The number of hydrogen-bond acceptors (Lipinski definition) is 5. The maximum Gasteiger partial charge on any atom is 0.272 e. The lowest BCUT2D eigenvalue weighted by Crippen LogP contribution is -2.29. The van der Waals surface area contributed by atoms with E-state index in [-0.39, 0.29) is 18.1 Å². The summed E-state index contributed by atoms with van der Waals surface area (Å²) in [7, 11) is 0. The molecule has 0 saturated carbocycles. The molecule has 7 nitrogen and oxygen atoms in total. The smallest absolute Gasteiger partial charge is 0.272 e. The van der Waals surface area contributed by atoms with Gasteiger partial charge >= 0.3 is 0 Å². The van der Waals surface area contributed by atoms with Gasteiger partial charge in [-0.05, 0) is 26.3 Å². The van der Waals surface area contributed by atoms with Crippen molar-refractivity contribution in [1.82, 2.24) is 25.5 Å². The molecule has 2 aromatic rings. The van der Waals surface area contributed by atoms with Crippen LogP contribution in [0.3, 0.4) is 0 Å². The molecular formula is C16H21N5O2. The first-order valence-electron chi connectivity index (χ1n) is 7.83. The van der Waals surface area contributed by atoms with E-state index in [1.165, 1.54) is 0 Å². The number of aromatic nitrogens is 4. The molecule has 1 amide bonds. The number of nitrogens with zero attached hydrogens (tertiary/aromatic N) is 3. The number of amides is 1. The molecule has 3 heterocycles. The Morgan fingerprint density at radius 2 is 2.13 bits per heavy atom. The van der Waals surface area contributed by atoms with Crippen molar-refractivity contribution in [3.8, 4) is 0 Å². The summed E-state index contributed by atoms with van der Waals surface area (Å²) in [5.41, 5.74) is 3.34. The highest BCUT2D eigenvalue weighted by atomic mass is 16.5. The van der Waals surface area contributed by atoms with E-state index in [2.05, 4.69) is 25.5 Å². The van der Waals surface area contributed by atoms with Crippen LogP contribution in [0.2, 0.25) is 0 Å². The van der Waals surface area contributed by atoms with Crippen molar-refractivity contribution in [2.75, 3.05) is 6.54 Å². The number of hydrogen-bond donors (Lipinski definition) is 2. The van der Waals surface area contributed by atoms with E-state index in [1.54, 1.807) is 12.4 Å². The van der Waals surface area contributed by atoms with Crippen LogP contribution in [0.1, 0.15) is 53.1 Å². The standard InChI is InChI=1S/C16H21N5O2/c1-9-7-18-13(19-8-9)4-5-17-16(22)15-12-6-10(2)23-11(3)14(12)20-21-15/h7-8,10-11H,4-6H2,1-3H3,(H,17,22)(H,20,21)/t10-,11+/m1/s1. The zero-order chi connectivity index (χ0) is 16.4. The van der Waals surface area contributed by atoms with Crippen molar-refractivity contribution in [2.45, 2.75) is 45.8 Å². The third kappa shape index (κ3) is 3.39. The summed E-state index contributed by atoms with van der Waals surface area (Å²) in [6.07, 6.45) is 4.86. The zero-order valence-electron chi connectivity index (χ0n) is 13.6. The molecule has 2 N–H and O–H groups in total. The molecule has 23 heavy (non-hydrogen) atoms. The largest absolute Gasteiger partial charge is 0.369 e. The highest BCUT2D eigenvalue weighted by Gasteiger charge is 2.29. The Bertz CT molecular complexity index is 695. The average Bonchev–Trinajstić information content (AvgIpc) is 2.93. The predicted octanol–water partition coefficient (Wildman–Crippen LogP) is 1.50. The van der Waals surface area contributed by atoms with Crippen LogP contribution in [0.15, 0.2) is 12.4 Å². The lowest BCUT2D eigenvalue weighted by atomic mass is 9.99. The van der Waals surface area contributed by atoms with Gasteiger partial charge in [-0.25, -0.2) is 9.97 Å². The molecule has 0 aliphatic carbocycles. The van der Waals surface area contributed by atoms with E-state index in [0.717, 1.165) is 22.6 Å². The van der Waals surface area contributed by atoms with Crippen molar-refractivity contribution in [2.24, 2.45) is 0 Å². The van der Waals surface area contributed by atoms with Crippen LogP contribution in [0.4, 0.5) is 0 Å². The number of aromatic amines is 1. The lowest BCUT2D eigenvalue weighted by Gasteiger charge is -2.25. The van der Waals surface area contributed by atoms with Gasteiger partial charge < -0.3 is 10.1 Å². The van der Waals surface area contributed by atoms with Gasteiger partial charge in [0.25, 0.3) is 5.91 Å². The molecule has 1 aliphatic rings. The van der Waals surface area contributed by atoms with Gasteiger partial charge in [0.05, 0.1) is 17.9 Å². The minimum absolute atomic E-state index is 0.0660. The minimum Gasteiger partial charge on any atom is -0.369 e. The fourth-order valence-corrected chi connectivity index (χ4v) is 2.78. The third-order valence-electron chi connectivity index (χ3n) is 3.92. The van der Waals surface area contributed by atoms with E-state index < -0.39 is 0 Å². The first-order chi connectivity index (χ1) is 11.0. The second-order valence-electron chi connectivity index (χ2n) is 5.94. The van der Waals surface area contributed by atoms with Crippen LogP contribution in [-0.2, 0) is 17.6 Å². The van der Waals surface area contributed by atoms with E-state index in [4.69, 9.17) is 4.74 Å². The van der Waals surface area contributed by atoms with Gasteiger partial charge in [0.2, 0.25) is 0 Å². The second-order valence-corrected chi connectivity index (χ2v) is 5.94. The first kappa shape index (κ1) is 15.6. The van der Waals surface area contributed by atoms with Crippen LogP contribution in [0.5, 0.6) is 0 Å². The van der Waals surface area contributed by atoms with Gasteiger partial charge in [-0.15, -0.1) is 0 Å². The second kappa shape index (κ2) is 6.45. The Labute approximate surface area is 134 Å². The summed E-state index contributed by atoms with van der Waals surface area (Å²) < 4.78 is 5.73. The number of rotatable bonds is 4. The number of carbonyl (C=O) groups excluding carboxylic acids is 1. The summed E-state index contributed by atoms with van der Waals surface area (Å²) in [4.78, 5) is 20.8. The van der Waals surface area contributed by atoms with E-state index in [0.29, 0.717) is 25.1 Å². The van der Waals surface area contributed by atoms with Gasteiger partial charge in [0, 0.05) is 37.3 Å². The van der Waals surface area contributed by atoms with E-state index in [1.807, 2.05) is 20.8 Å². The van der Waals surface area contributed by atoms with Crippen LogP contribution < -0.4 is 5.32 Å². The maximum absolute atomic E-state index is 12.4. The molecule has 7 heteroatoms. The van der Waals surface area contributed by atoms with Gasteiger partial charge in [0.1, 0.15) is 5.82 Å². The Balaban J connectivity index is 1.62. The van der Waals surface area contributed by atoms with Crippen LogP contribution in [0, 0.1) is 6.92 Å². The number of ether oxygens (including phenoxy) is 1. The monoisotopic (exact) mass is 315 g/mol. The molecule has 122 valence electrons. The lowest BCUT2D eigenvalue weighted by molar-refractivity contribution is -0.00697. The van der Waals surface area contributed by atoms with Gasteiger partial charge in [-0.2, -0.15) is 5.10 Å². The van der Waals surface area contributed by atoms with Gasteiger partial charge in [0.15, 0.2) is 5.69 Å². The molecule has 3 rings (SSSR count). The number of aryl methyl sites for hydroxylation is 1. The Morgan fingerprint density at radius 1 is 1.39 bits per heavy atom. The van der Waals surface area contributed by atoms with Crippen molar-refractivity contribution in [3.05, 3.63) is 40.7 Å². The first-order valence-corrected chi connectivity index (χ1v) is 7.83. The average molecular weight is 315 g/mol. The Morgan fingerprint density at radius 3 is 2.87 bits per heavy atom. The molecule has 0 spiro atoms. The zero-order valence-corrected chi connectivity index (χ0v) is 13.6. The van der Waals surface area contributed by atoms with Crippen molar-refractivity contribution in [3.63, 3.8) is 0 Å². The fraction of sp³-hybridized carbons (Fsp3) is 0.500. The highest BCUT2D eigenvalue weighted by Crippen LogP contribution is 2.29. The number of carbonyl (C=O) groups is 1. The third-order valence-corrected chi connectivity index (χ3v) is 3.92. The number of H-pyrrole nitrogens is 1. The molecule has 1 aliphatic heterocycles. The van der Waals surface area contributed by atoms with E-state index in [9.17, 15) is 4.79 Å². The summed E-state index contributed by atoms with van der Waals surface area (Å²) in [6.45, 7) is 6.38. The van der Waals surface area contributed by atoms with Crippen molar-refractivity contribution in [1.29, 1.82) is 0 Å². The molecule has 0 bridgehead atoms. The van der Waals surface area contributed by atoms with Crippen LogP contribution in [-0.4, -0.2) is 38.7 Å². The SMILES string of the molecule is Cc1cnc(CCNC(=O)c2n[nH]c3c2C[C@@H](C)O[C@H]3C)nc1. The van der Waals surface area contributed by atoms with Gasteiger partial charge in [-0.1, -0.05) is 0 Å². The number of nitrogens with one attached hydrogen (secondary N) is 2. The molecule has 2 aromatic heterocycles. The fourth-order valence-electron chi connectivity index (χ4n) is 2.78. The summed E-state index contributed by atoms with van der Waals surface area (Å²) in [5, 5.41) is 9.99. The molecule has 0 aromatic carbocycles. The quantitative estimate of drug-likeness (QED) is 0.892. The summed E-state index contributed by atoms with van der Waals surface area (Å²) in [6, 6.07) is 0. The summed E-state index contributed by atoms with van der Waals surface area (Å²) in [5.74, 6) is 0.548.